The van der Waals surface area contributed by atoms with E-state index in [2.05, 4.69) is 0 Å². The third-order valence-corrected chi connectivity index (χ3v) is 3.04. The first-order valence-electron chi connectivity index (χ1n) is 4.87. The fraction of sp³-hybridized carbons (Fsp3) is 0.889. The number of carbonyl (C=O) groups is 1. The van der Waals surface area contributed by atoms with Crippen LogP contribution in [0.25, 0.3) is 0 Å². The van der Waals surface area contributed by atoms with E-state index in [0.29, 0.717) is 19.5 Å². The van der Waals surface area contributed by atoms with E-state index in [4.69, 9.17) is 9.29 Å². The molecule has 1 amide bonds. The molecule has 1 rings (SSSR count). The summed E-state index contributed by atoms with van der Waals surface area (Å²) in [7, 11) is 0. The largest absolute Gasteiger partial charge is 0.444 e. The van der Waals surface area contributed by atoms with Gasteiger partial charge in [-0.2, -0.15) is 0 Å². The van der Waals surface area contributed by atoms with Crippen LogP contribution in [0, 0.1) is 0 Å². The first-order chi connectivity index (χ1) is 6.79. The molecule has 0 aromatic heterocycles. The zero-order valence-electron chi connectivity index (χ0n) is 9.23. The van der Waals surface area contributed by atoms with Crippen molar-refractivity contribution >= 4 is 17.2 Å². The van der Waals surface area contributed by atoms with Crippen molar-refractivity contribution < 1.29 is 18.3 Å². The van der Waals surface area contributed by atoms with Gasteiger partial charge in [0.25, 0.3) is 0 Å². The van der Waals surface area contributed by atoms with Gasteiger partial charge in [0.1, 0.15) is 5.60 Å². The molecule has 0 aromatic carbocycles. The van der Waals surface area contributed by atoms with Crippen molar-refractivity contribution in [3.63, 3.8) is 0 Å². The summed E-state index contributed by atoms with van der Waals surface area (Å²) in [6.45, 7) is 6.18. The van der Waals surface area contributed by atoms with Crippen LogP contribution in [0.3, 0.4) is 0 Å². The highest BCUT2D eigenvalue weighted by atomic mass is 32.2. The first kappa shape index (κ1) is 12.4. The minimum absolute atomic E-state index is 0.304. The molecule has 0 saturated carbocycles. The van der Waals surface area contributed by atoms with Gasteiger partial charge in [0.05, 0.1) is 5.25 Å². The molecule has 0 bridgehead atoms. The highest BCUT2D eigenvalue weighted by Gasteiger charge is 2.32. The Labute approximate surface area is 92.1 Å². The van der Waals surface area contributed by atoms with Crippen LogP contribution in [0.2, 0.25) is 0 Å². The zero-order chi connectivity index (χ0) is 11.6. The van der Waals surface area contributed by atoms with Crippen LogP contribution >= 0.6 is 0 Å². The Bertz CT molecular complexity index is 274. The van der Waals surface area contributed by atoms with Crippen LogP contribution in [-0.2, 0) is 15.8 Å². The van der Waals surface area contributed by atoms with Crippen molar-refractivity contribution in [2.45, 2.75) is 38.0 Å². The van der Waals surface area contributed by atoms with E-state index < -0.39 is 22.8 Å². The lowest BCUT2D eigenvalue weighted by Gasteiger charge is -2.24. The van der Waals surface area contributed by atoms with Gasteiger partial charge in [-0.15, -0.1) is 0 Å². The van der Waals surface area contributed by atoms with Crippen molar-refractivity contribution in [1.29, 1.82) is 0 Å². The maximum Gasteiger partial charge on any atom is 0.410 e. The number of rotatable bonds is 1. The van der Waals surface area contributed by atoms with Crippen LogP contribution in [0.5, 0.6) is 0 Å². The zero-order valence-corrected chi connectivity index (χ0v) is 10.0. The van der Waals surface area contributed by atoms with Gasteiger partial charge >= 0.3 is 6.09 Å². The van der Waals surface area contributed by atoms with Gasteiger partial charge in [-0.25, -0.2) is 9.00 Å². The minimum atomic E-state index is -1.85. The molecular formula is C9H17NO4S. The molecule has 1 heterocycles. The third-order valence-electron chi connectivity index (χ3n) is 2.08. The van der Waals surface area contributed by atoms with Crippen LogP contribution in [-0.4, -0.2) is 43.7 Å². The van der Waals surface area contributed by atoms with Gasteiger partial charge in [0.15, 0.2) is 11.1 Å². The van der Waals surface area contributed by atoms with Crippen molar-refractivity contribution in [2.75, 3.05) is 13.1 Å². The molecule has 5 nitrogen and oxygen atoms in total. The summed E-state index contributed by atoms with van der Waals surface area (Å²) in [5.41, 5.74) is -0.520. The van der Waals surface area contributed by atoms with Gasteiger partial charge in [-0.1, -0.05) is 0 Å². The number of ether oxygens (including phenoxy) is 1. The van der Waals surface area contributed by atoms with E-state index >= 15 is 0 Å². The van der Waals surface area contributed by atoms with E-state index in [1.165, 1.54) is 4.90 Å². The molecule has 1 aliphatic rings. The molecule has 1 saturated heterocycles. The monoisotopic (exact) mass is 235 g/mol. The molecular weight excluding hydrogens is 218 g/mol. The highest BCUT2D eigenvalue weighted by Crippen LogP contribution is 2.17. The quantitative estimate of drug-likeness (QED) is 0.694. The van der Waals surface area contributed by atoms with Crippen LogP contribution in [0.4, 0.5) is 4.79 Å². The molecule has 1 fully saturated rings. The van der Waals surface area contributed by atoms with Crippen LogP contribution < -0.4 is 0 Å². The highest BCUT2D eigenvalue weighted by molar-refractivity contribution is 7.79. The molecule has 1 aliphatic heterocycles. The van der Waals surface area contributed by atoms with E-state index in [1.807, 2.05) is 0 Å². The molecule has 2 atom stereocenters. The predicted octanol–water partition coefficient (Wildman–Crippen LogP) is 1.22. The number of likely N-dealkylation sites (tertiary alicyclic amines) is 1. The maximum absolute atomic E-state index is 11.6. The fourth-order valence-corrected chi connectivity index (χ4v) is 2.00. The van der Waals surface area contributed by atoms with Crippen molar-refractivity contribution in [2.24, 2.45) is 0 Å². The lowest BCUT2D eigenvalue weighted by Crippen LogP contribution is -2.36. The normalized spacial score (nSPS) is 24.0. The second kappa shape index (κ2) is 4.49. The first-order valence-corrected chi connectivity index (χ1v) is 6.04. The number of carbonyl (C=O) groups excluding carboxylic acids is 1. The summed E-state index contributed by atoms with van der Waals surface area (Å²) in [5, 5.41) is -0.336. The summed E-state index contributed by atoms with van der Waals surface area (Å²) in [5.74, 6) is 0. The average Bonchev–Trinajstić information content (AvgIpc) is 2.47. The number of amides is 1. The van der Waals surface area contributed by atoms with E-state index in [0.717, 1.165) is 0 Å². The SMILES string of the molecule is CC(C)(C)OC(=O)N1CC[C@@H](S(=O)O)C1. The molecule has 0 aliphatic carbocycles. The molecule has 15 heavy (non-hydrogen) atoms. The number of hydrogen-bond donors (Lipinski definition) is 1. The Kier molecular flexibility index (Phi) is 3.72. The predicted molar refractivity (Wildman–Crippen MR) is 57.0 cm³/mol. The summed E-state index contributed by atoms with van der Waals surface area (Å²) < 4.78 is 24.8. The Morgan fingerprint density at radius 1 is 1.53 bits per heavy atom. The van der Waals surface area contributed by atoms with Gasteiger partial charge in [-0.3, -0.25) is 0 Å². The standard InChI is InChI=1S/C9H17NO4S/c1-9(2,3)14-8(11)10-5-4-7(6-10)15(12)13/h7H,4-6H2,1-3H3,(H,12,13)/t7-/m1/s1. The summed E-state index contributed by atoms with van der Waals surface area (Å²) in [6, 6.07) is 0. The topological polar surface area (TPSA) is 66.8 Å². The maximum atomic E-state index is 11.6. The second-order valence-corrected chi connectivity index (χ2v) is 5.83. The van der Waals surface area contributed by atoms with E-state index in [9.17, 15) is 9.00 Å². The number of hydrogen-bond acceptors (Lipinski definition) is 3. The Hall–Kier alpha value is -0.620. The molecule has 6 heteroatoms. The van der Waals surface area contributed by atoms with Crippen molar-refractivity contribution in [3.05, 3.63) is 0 Å². The van der Waals surface area contributed by atoms with Crippen LogP contribution in [0.15, 0.2) is 0 Å². The molecule has 0 radical (unpaired) electrons. The lowest BCUT2D eigenvalue weighted by atomic mass is 10.2. The smallest absolute Gasteiger partial charge is 0.410 e. The third kappa shape index (κ3) is 3.79. The molecule has 0 aromatic rings. The average molecular weight is 235 g/mol. The Morgan fingerprint density at radius 2 is 2.13 bits per heavy atom. The summed E-state index contributed by atoms with van der Waals surface area (Å²) >= 11 is -1.85. The molecule has 1 N–H and O–H groups in total. The summed E-state index contributed by atoms with van der Waals surface area (Å²) in [6.07, 6.45) is 0.151. The van der Waals surface area contributed by atoms with Gasteiger partial charge < -0.3 is 14.2 Å². The van der Waals surface area contributed by atoms with Crippen molar-refractivity contribution in [1.82, 2.24) is 4.90 Å². The van der Waals surface area contributed by atoms with Gasteiger partial charge in [0, 0.05) is 13.1 Å². The molecule has 1 unspecified atom stereocenters. The summed E-state index contributed by atoms with van der Waals surface area (Å²) in [4.78, 5) is 13.0. The van der Waals surface area contributed by atoms with E-state index in [1.54, 1.807) is 20.8 Å². The van der Waals surface area contributed by atoms with Gasteiger partial charge in [0.2, 0.25) is 0 Å². The second-order valence-electron chi connectivity index (χ2n) is 4.61. The Morgan fingerprint density at radius 3 is 2.53 bits per heavy atom. The fourth-order valence-electron chi connectivity index (χ4n) is 1.39. The van der Waals surface area contributed by atoms with Crippen molar-refractivity contribution in [3.8, 4) is 0 Å². The van der Waals surface area contributed by atoms with Crippen LogP contribution in [0.1, 0.15) is 27.2 Å². The lowest BCUT2D eigenvalue weighted by molar-refractivity contribution is 0.0295. The molecule has 88 valence electrons. The van der Waals surface area contributed by atoms with Gasteiger partial charge in [-0.05, 0) is 27.2 Å². The molecule has 0 spiro atoms. The minimum Gasteiger partial charge on any atom is -0.444 e. The number of nitrogens with zero attached hydrogens (tertiary/aromatic N) is 1. The Balaban J connectivity index is 2.47. The van der Waals surface area contributed by atoms with E-state index in [-0.39, 0.29) is 5.25 Å².